The Hall–Kier alpha value is -1.22. The summed E-state index contributed by atoms with van der Waals surface area (Å²) >= 11 is 0. The van der Waals surface area contributed by atoms with Gasteiger partial charge in [0.05, 0.1) is 13.7 Å². The Balaban J connectivity index is 1.76. The molecule has 2 aliphatic rings. The molecule has 0 radical (unpaired) electrons. The van der Waals surface area contributed by atoms with Crippen molar-refractivity contribution in [3.8, 4) is 11.5 Å². The molecule has 2 N–H and O–H groups in total. The van der Waals surface area contributed by atoms with Gasteiger partial charge in [0.1, 0.15) is 0 Å². The molecule has 3 heteroatoms. The van der Waals surface area contributed by atoms with Crippen LogP contribution in [0.4, 0.5) is 0 Å². The molecule has 2 aliphatic carbocycles. The van der Waals surface area contributed by atoms with Gasteiger partial charge in [0.2, 0.25) is 0 Å². The first-order valence-corrected chi connectivity index (χ1v) is 6.34. The molecule has 0 aromatic heterocycles. The van der Waals surface area contributed by atoms with E-state index in [9.17, 15) is 0 Å². The van der Waals surface area contributed by atoms with Crippen molar-refractivity contribution in [1.29, 1.82) is 0 Å². The van der Waals surface area contributed by atoms with Crippen LogP contribution < -0.4 is 15.2 Å². The Labute approximate surface area is 102 Å². The third kappa shape index (κ3) is 2.39. The van der Waals surface area contributed by atoms with Crippen molar-refractivity contribution in [1.82, 2.24) is 0 Å². The molecule has 92 valence electrons. The van der Waals surface area contributed by atoms with E-state index in [-0.39, 0.29) is 0 Å². The summed E-state index contributed by atoms with van der Waals surface area (Å²) in [6, 6.07) is 6.52. The van der Waals surface area contributed by atoms with Gasteiger partial charge in [-0.1, -0.05) is 6.07 Å². The monoisotopic (exact) mass is 233 g/mol. The fourth-order valence-corrected chi connectivity index (χ4v) is 2.13. The summed E-state index contributed by atoms with van der Waals surface area (Å²) in [7, 11) is 1.68. The highest BCUT2D eigenvalue weighted by Crippen LogP contribution is 2.42. The second-order valence-corrected chi connectivity index (χ2v) is 5.17. The fraction of sp³-hybridized carbons (Fsp3) is 0.571. The van der Waals surface area contributed by atoms with Gasteiger partial charge in [0.15, 0.2) is 11.5 Å². The maximum absolute atomic E-state index is 5.88. The lowest BCUT2D eigenvalue weighted by molar-refractivity contribution is 0.280. The lowest BCUT2D eigenvalue weighted by Gasteiger charge is -2.12. The number of hydrogen-bond donors (Lipinski definition) is 1. The topological polar surface area (TPSA) is 44.5 Å². The molecular formula is C14H19NO2. The maximum Gasteiger partial charge on any atom is 0.161 e. The van der Waals surface area contributed by atoms with E-state index in [1.54, 1.807) is 7.11 Å². The van der Waals surface area contributed by atoms with Crippen LogP contribution in [0.15, 0.2) is 18.2 Å². The Morgan fingerprint density at radius 1 is 1.29 bits per heavy atom. The Kier molecular flexibility index (Phi) is 2.71. The van der Waals surface area contributed by atoms with Crippen molar-refractivity contribution in [2.24, 2.45) is 11.7 Å². The first kappa shape index (κ1) is 10.9. The van der Waals surface area contributed by atoms with Crippen LogP contribution in [-0.2, 0) is 0 Å². The Morgan fingerprint density at radius 3 is 2.65 bits per heavy atom. The molecule has 3 rings (SSSR count). The number of benzene rings is 1. The highest BCUT2D eigenvalue weighted by Gasteiger charge is 2.35. The van der Waals surface area contributed by atoms with Crippen LogP contribution in [0, 0.1) is 5.92 Å². The molecule has 0 saturated heterocycles. The number of hydrogen-bond acceptors (Lipinski definition) is 3. The molecule has 1 aromatic carbocycles. The van der Waals surface area contributed by atoms with Gasteiger partial charge in [0, 0.05) is 12.0 Å². The SMILES string of the molecule is COc1ccc(C2CC2N)cc1OCC1CC1. The van der Waals surface area contributed by atoms with Crippen LogP contribution in [0.2, 0.25) is 0 Å². The molecular weight excluding hydrogens is 214 g/mol. The van der Waals surface area contributed by atoms with Crippen LogP contribution >= 0.6 is 0 Å². The van der Waals surface area contributed by atoms with Crippen molar-refractivity contribution < 1.29 is 9.47 Å². The first-order chi connectivity index (χ1) is 8.28. The standard InChI is InChI=1S/C14H19NO2/c1-16-13-5-4-10(11-7-12(11)15)6-14(13)17-8-9-2-3-9/h4-6,9,11-12H,2-3,7-8,15H2,1H3. The van der Waals surface area contributed by atoms with E-state index in [1.807, 2.05) is 6.07 Å². The van der Waals surface area contributed by atoms with Crippen LogP contribution in [0.1, 0.15) is 30.7 Å². The minimum absolute atomic E-state index is 0.333. The molecule has 0 amide bonds. The summed E-state index contributed by atoms with van der Waals surface area (Å²) in [5.41, 5.74) is 7.16. The van der Waals surface area contributed by atoms with Gasteiger partial charge in [-0.25, -0.2) is 0 Å². The second-order valence-electron chi connectivity index (χ2n) is 5.17. The smallest absolute Gasteiger partial charge is 0.161 e. The van der Waals surface area contributed by atoms with E-state index in [0.717, 1.165) is 30.4 Å². The molecule has 0 bridgehead atoms. The molecule has 2 unspecified atom stereocenters. The van der Waals surface area contributed by atoms with E-state index in [2.05, 4.69) is 12.1 Å². The average molecular weight is 233 g/mol. The number of rotatable bonds is 5. The molecule has 3 nitrogen and oxygen atoms in total. The number of nitrogens with two attached hydrogens (primary N) is 1. The lowest BCUT2D eigenvalue weighted by atomic mass is 10.1. The van der Waals surface area contributed by atoms with Crippen molar-refractivity contribution in [2.45, 2.75) is 31.2 Å². The molecule has 2 atom stereocenters. The van der Waals surface area contributed by atoms with E-state index in [0.29, 0.717) is 12.0 Å². The second kappa shape index (κ2) is 4.22. The van der Waals surface area contributed by atoms with E-state index < -0.39 is 0 Å². The molecule has 0 spiro atoms. The first-order valence-electron chi connectivity index (χ1n) is 6.34. The highest BCUT2D eigenvalue weighted by atomic mass is 16.5. The third-order valence-electron chi connectivity index (χ3n) is 3.63. The molecule has 0 aliphatic heterocycles. The number of methoxy groups -OCH3 is 1. The van der Waals surface area contributed by atoms with E-state index in [4.69, 9.17) is 15.2 Å². The Bertz CT molecular complexity index is 415. The van der Waals surface area contributed by atoms with Gasteiger partial charge in [0.25, 0.3) is 0 Å². The van der Waals surface area contributed by atoms with E-state index >= 15 is 0 Å². The molecule has 1 aromatic rings. The molecule has 2 saturated carbocycles. The normalized spacial score (nSPS) is 26.7. The fourth-order valence-electron chi connectivity index (χ4n) is 2.13. The van der Waals surface area contributed by atoms with Gasteiger partial charge in [-0.15, -0.1) is 0 Å². The van der Waals surface area contributed by atoms with E-state index in [1.165, 1.54) is 18.4 Å². The van der Waals surface area contributed by atoms with Gasteiger partial charge in [-0.3, -0.25) is 0 Å². The quantitative estimate of drug-likeness (QED) is 0.848. The van der Waals surface area contributed by atoms with Crippen molar-refractivity contribution in [3.05, 3.63) is 23.8 Å². The summed E-state index contributed by atoms with van der Waals surface area (Å²) in [5.74, 6) is 2.97. The largest absolute Gasteiger partial charge is 0.493 e. The van der Waals surface area contributed by atoms with Gasteiger partial charge < -0.3 is 15.2 Å². The summed E-state index contributed by atoms with van der Waals surface area (Å²) in [6.07, 6.45) is 3.69. The average Bonchev–Trinajstić information content (AvgIpc) is 3.23. The maximum atomic E-state index is 5.88. The molecule has 2 fully saturated rings. The molecule has 0 heterocycles. The highest BCUT2D eigenvalue weighted by molar-refractivity contribution is 5.45. The predicted octanol–water partition coefficient (Wildman–Crippen LogP) is 2.30. The minimum atomic E-state index is 0.333. The van der Waals surface area contributed by atoms with Crippen LogP contribution in [-0.4, -0.2) is 19.8 Å². The summed E-state index contributed by atoms with van der Waals surface area (Å²) in [4.78, 5) is 0. The zero-order chi connectivity index (χ0) is 11.8. The summed E-state index contributed by atoms with van der Waals surface area (Å²) < 4.78 is 11.2. The Morgan fingerprint density at radius 2 is 2.06 bits per heavy atom. The zero-order valence-electron chi connectivity index (χ0n) is 10.2. The van der Waals surface area contributed by atoms with Crippen molar-refractivity contribution >= 4 is 0 Å². The van der Waals surface area contributed by atoms with Crippen LogP contribution in [0.5, 0.6) is 11.5 Å². The van der Waals surface area contributed by atoms with Gasteiger partial charge >= 0.3 is 0 Å². The summed E-state index contributed by atoms with van der Waals surface area (Å²) in [6.45, 7) is 0.816. The summed E-state index contributed by atoms with van der Waals surface area (Å²) in [5, 5.41) is 0. The minimum Gasteiger partial charge on any atom is -0.493 e. The van der Waals surface area contributed by atoms with Crippen molar-refractivity contribution in [2.75, 3.05) is 13.7 Å². The predicted molar refractivity (Wildman–Crippen MR) is 66.5 cm³/mol. The van der Waals surface area contributed by atoms with Crippen LogP contribution in [0.25, 0.3) is 0 Å². The third-order valence-corrected chi connectivity index (χ3v) is 3.63. The molecule has 17 heavy (non-hydrogen) atoms. The van der Waals surface area contributed by atoms with Gasteiger partial charge in [-0.2, -0.15) is 0 Å². The number of ether oxygens (including phenoxy) is 2. The van der Waals surface area contributed by atoms with Crippen molar-refractivity contribution in [3.63, 3.8) is 0 Å². The zero-order valence-corrected chi connectivity index (χ0v) is 10.2. The van der Waals surface area contributed by atoms with Crippen LogP contribution in [0.3, 0.4) is 0 Å². The van der Waals surface area contributed by atoms with Gasteiger partial charge in [-0.05, 0) is 42.9 Å². The lowest BCUT2D eigenvalue weighted by Crippen LogP contribution is -2.03.